The standard InChI is InChI=1S/C63H87ClN8O19S/c1-12-48(73)65-22-24-70(25-26-71-52(77)18-19-53(71)78)51(76)17-16-49(74)66-23-28-87-30-31-88-29-27-72-55(80)35-45(58(72)81)92-61(5,6)21-20-50(75)68(8)40(4)59(82)90-47-36-54(79)69(9)42-33-41(34-43(85-10)56(42)64)32-38(2)14-13-15-46(86-11)63(84)37-44(89-60(83)67-63)39(3)57-62(47,7)91-57/h12-15,18-19,33-34,39-40,44-47,57,84H,1,16-17,20-32,35-37H2,2-11H3,(H,65,73)(H,66,74)(H,67,83)/b15-13+,38-14+/t39-,40+,44+,45?,46-,47+,57+,62+,63+/m1/s1. The van der Waals surface area contributed by atoms with E-state index in [4.69, 9.17) is 44.8 Å². The quantitative estimate of drug-likeness (QED) is 0.0294. The molecule has 10 amide bonds. The zero-order valence-corrected chi connectivity index (χ0v) is 55.5. The summed E-state index contributed by atoms with van der Waals surface area (Å²) in [6.45, 7) is 14.6. The third-order valence-corrected chi connectivity index (χ3v) is 18.7. The summed E-state index contributed by atoms with van der Waals surface area (Å²) in [5.41, 5.74) is -1.27. The van der Waals surface area contributed by atoms with E-state index in [0.717, 1.165) is 39.2 Å². The van der Waals surface area contributed by atoms with Gasteiger partial charge in [0, 0.05) is 109 Å². The molecule has 0 aliphatic carbocycles. The number of halogens is 1. The van der Waals surface area contributed by atoms with Crippen molar-refractivity contribution < 1.29 is 91.0 Å². The number of likely N-dealkylation sites (tertiary alicyclic amines) is 1. The number of anilines is 1. The van der Waals surface area contributed by atoms with Crippen LogP contribution in [0.4, 0.5) is 10.5 Å². The number of amides is 10. The minimum absolute atomic E-state index is 0.00490. The highest BCUT2D eigenvalue weighted by Gasteiger charge is 2.64. The van der Waals surface area contributed by atoms with Crippen molar-refractivity contribution in [2.24, 2.45) is 5.92 Å². The Morgan fingerprint density at radius 3 is 2.30 bits per heavy atom. The number of hydrogen-bond acceptors (Lipinski definition) is 20. The number of hydrogen-bond donors (Lipinski definition) is 4. The fraction of sp³-hybridized carbons (Fsp3) is 0.603. The van der Waals surface area contributed by atoms with Gasteiger partial charge in [-0.15, -0.1) is 11.8 Å². The first-order chi connectivity index (χ1) is 43.5. The van der Waals surface area contributed by atoms with Gasteiger partial charge in [-0.2, -0.15) is 0 Å². The van der Waals surface area contributed by atoms with Crippen LogP contribution in [0.1, 0.15) is 92.1 Å². The van der Waals surface area contributed by atoms with Gasteiger partial charge >= 0.3 is 12.1 Å². The summed E-state index contributed by atoms with van der Waals surface area (Å²) in [7, 11) is 5.86. The van der Waals surface area contributed by atoms with E-state index in [9.17, 15) is 57.8 Å². The molecule has 3 fully saturated rings. The number of ether oxygens (including phenoxy) is 7. The third-order valence-electron chi connectivity index (χ3n) is 16.8. The van der Waals surface area contributed by atoms with E-state index in [1.54, 1.807) is 38.1 Å². The number of fused-ring (bicyclic) bond motifs is 5. The van der Waals surface area contributed by atoms with Crippen molar-refractivity contribution in [1.82, 2.24) is 35.6 Å². The lowest BCUT2D eigenvalue weighted by Crippen LogP contribution is -2.63. The first kappa shape index (κ1) is 73.8. The minimum Gasteiger partial charge on any atom is -0.495 e. The lowest BCUT2D eigenvalue weighted by Gasteiger charge is -2.42. The maximum Gasteiger partial charge on any atom is 0.409 e. The fourth-order valence-electron chi connectivity index (χ4n) is 11.1. The molecular weight excluding hydrogens is 1240 g/mol. The minimum atomic E-state index is -1.90. The number of nitrogens with one attached hydrogen (secondary N) is 3. The summed E-state index contributed by atoms with van der Waals surface area (Å²) < 4.78 is 40.0. The number of aliphatic hydroxyl groups is 1. The molecule has 4 N–H and O–H groups in total. The summed E-state index contributed by atoms with van der Waals surface area (Å²) in [6.07, 6.45) is 3.42. The molecule has 5 aliphatic heterocycles. The Balaban J connectivity index is 0.955. The van der Waals surface area contributed by atoms with Crippen molar-refractivity contribution in [2.75, 3.05) is 98.9 Å². The number of rotatable bonds is 29. The number of carbonyl (C=O) groups excluding carboxylic acids is 11. The predicted molar refractivity (Wildman–Crippen MR) is 337 cm³/mol. The molecule has 6 rings (SSSR count). The van der Waals surface area contributed by atoms with E-state index in [-0.39, 0.29) is 121 Å². The number of epoxide rings is 1. The highest BCUT2D eigenvalue weighted by Crippen LogP contribution is 2.49. The Bertz CT molecular complexity index is 3030. The van der Waals surface area contributed by atoms with Gasteiger partial charge < -0.3 is 63.6 Å². The van der Waals surface area contributed by atoms with Crippen LogP contribution in [-0.2, 0) is 82.8 Å². The molecule has 3 saturated heterocycles. The summed E-state index contributed by atoms with van der Waals surface area (Å²) >= 11 is 8.11. The van der Waals surface area contributed by atoms with Crippen molar-refractivity contribution in [3.63, 3.8) is 0 Å². The van der Waals surface area contributed by atoms with Gasteiger partial charge in [-0.05, 0) is 57.4 Å². The number of nitrogens with zero attached hydrogens (tertiary/aromatic N) is 5. The SMILES string of the molecule is C=CC(=O)NCCN(CCN1C(=O)C=CC1=O)C(=O)CCC(=O)NCCOCCOCCN1C(=O)CC(SC(C)(C)CCC(=O)N(C)[C@@H](C)C(=O)O[C@H]2CC(=O)N(C)c3cc(cc(OC)c3Cl)C/C(C)=C/C=C/[C@@H](OC)[C@@]3(O)C[C@H](OC(=O)N3)[C@@H](C)[C@@H]3O[C@@]23C)C1=O. The first-order valence-electron chi connectivity index (χ1n) is 30.5. The predicted octanol–water partition coefficient (Wildman–Crippen LogP) is 2.92. The van der Waals surface area contributed by atoms with E-state index in [1.165, 1.54) is 61.7 Å². The summed E-state index contributed by atoms with van der Waals surface area (Å²) in [4.78, 5) is 150. The molecule has 0 radical (unpaired) electrons. The molecule has 1 unspecified atom stereocenters. The Morgan fingerprint density at radius 2 is 1.63 bits per heavy atom. The van der Waals surface area contributed by atoms with E-state index in [2.05, 4.69) is 22.5 Å². The van der Waals surface area contributed by atoms with E-state index in [0.29, 0.717) is 17.9 Å². The first-order valence-corrected chi connectivity index (χ1v) is 31.7. The Labute approximate surface area is 545 Å². The second-order valence-electron chi connectivity index (χ2n) is 24.0. The van der Waals surface area contributed by atoms with Gasteiger partial charge in [0.1, 0.15) is 40.7 Å². The van der Waals surface area contributed by atoms with Crippen LogP contribution < -0.4 is 25.6 Å². The van der Waals surface area contributed by atoms with Crippen molar-refractivity contribution in [2.45, 2.75) is 145 Å². The molecule has 0 saturated carbocycles. The fourth-order valence-corrected chi connectivity index (χ4v) is 12.8. The maximum atomic E-state index is 14.5. The third kappa shape index (κ3) is 19.7. The highest BCUT2D eigenvalue weighted by molar-refractivity contribution is 8.02. The second-order valence-corrected chi connectivity index (χ2v) is 26.3. The number of likely N-dealkylation sites (N-methyl/N-ethyl adjacent to an activating group) is 1. The lowest BCUT2D eigenvalue weighted by atomic mass is 9.83. The van der Waals surface area contributed by atoms with Crippen molar-refractivity contribution in [1.29, 1.82) is 0 Å². The van der Waals surface area contributed by atoms with Crippen LogP contribution in [0.15, 0.2) is 60.7 Å². The Kier molecular flexibility index (Phi) is 26.5. The van der Waals surface area contributed by atoms with Crippen molar-refractivity contribution in [3.8, 4) is 5.75 Å². The Hall–Kier alpha value is -7.21. The molecule has 9 atom stereocenters. The Morgan fingerprint density at radius 1 is 0.935 bits per heavy atom. The van der Waals surface area contributed by atoms with Crippen LogP contribution in [0.25, 0.3) is 0 Å². The van der Waals surface area contributed by atoms with Crippen molar-refractivity contribution >= 4 is 94.3 Å². The molecule has 0 aromatic heterocycles. The van der Waals surface area contributed by atoms with Gasteiger partial charge in [-0.3, -0.25) is 58.3 Å². The second kappa shape index (κ2) is 33.1. The smallest absolute Gasteiger partial charge is 0.409 e. The number of benzene rings is 1. The zero-order valence-electron chi connectivity index (χ0n) is 53.9. The molecule has 1 aromatic carbocycles. The number of carbonyl (C=O) groups is 11. The van der Waals surface area contributed by atoms with Gasteiger partial charge in [0.15, 0.2) is 5.72 Å². The summed E-state index contributed by atoms with van der Waals surface area (Å²) in [6, 6.07) is 2.36. The van der Waals surface area contributed by atoms with Crippen LogP contribution >= 0.6 is 23.4 Å². The van der Waals surface area contributed by atoms with Gasteiger partial charge in [0.25, 0.3) is 11.8 Å². The molecule has 1 aromatic rings. The van der Waals surface area contributed by atoms with Gasteiger partial charge in [-0.25, -0.2) is 9.59 Å². The van der Waals surface area contributed by atoms with E-state index < -0.39 is 118 Å². The number of methoxy groups -OCH3 is 2. The number of alkyl carbamates (subject to hydrolysis) is 1. The lowest BCUT2D eigenvalue weighted by molar-refractivity contribution is -0.162. The number of imide groups is 2. The molecule has 506 valence electrons. The molecule has 0 spiro atoms. The number of thioether (sulfide) groups is 1. The average molecular weight is 1330 g/mol. The monoisotopic (exact) mass is 1330 g/mol. The molecular formula is C63H87ClN8O19S. The van der Waals surface area contributed by atoms with Gasteiger partial charge in [0.05, 0.1) is 63.5 Å². The molecule has 4 bridgehead atoms. The van der Waals surface area contributed by atoms with Crippen LogP contribution in [0.3, 0.4) is 0 Å². The maximum absolute atomic E-state index is 14.5. The number of esters is 1. The molecule has 27 nitrogen and oxygen atoms in total. The zero-order chi connectivity index (χ0) is 67.8. The molecule has 29 heteroatoms. The highest BCUT2D eigenvalue weighted by atomic mass is 35.5. The normalized spacial score (nSPS) is 25.4. The van der Waals surface area contributed by atoms with Gasteiger partial charge in [-0.1, -0.05) is 62.8 Å². The molecule has 5 aliphatic rings. The van der Waals surface area contributed by atoms with E-state index >= 15 is 0 Å². The van der Waals surface area contributed by atoms with Gasteiger partial charge in [0.2, 0.25) is 41.4 Å². The molecule has 92 heavy (non-hydrogen) atoms. The van der Waals surface area contributed by atoms with Crippen LogP contribution in [0.2, 0.25) is 5.02 Å². The van der Waals surface area contributed by atoms with Crippen LogP contribution in [0, 0.1) is 5.92 Å². The average Bonchev–Trinajstić information content (AvgIpc) is 1.57. The van der Waals surface area contributed by atoms with Crippen LogP contribution in [-0.4, -0.2) is 236 Å². The van der Waals surface area contributed by atoms with E-state index in [1.807, 2.05) is 26.8 Å². The molecule has 5 heterocycles. The largest absolute Gasteiger partial charge is 0.495 e. The number of allylic oxidation sites excluding steroid dienone is 3. The summed E-state index contributed by atoms with van der Waals surface area (Å²) in [5.74, 6) is -5.08. The topological polar surface area (TPSA) is 328 Å². The van der Waals surface area contributed by atoms with Crippen molar-refractivity contribution in [3.05, 3.63) is 71.3 Å². The summed E-state index contributed by atoms with van der Waals surface area (Å²) in [5, 5.41) is 19.1. The van der Waals surface area contributed by atoms with Crippen LogP contribution in [0.5, 0.6) is 5.75 Å².